The Labute approximate surface area is 150 Å². The molecule has 0 atom stereocenters. The van der Waals surface area contributed by atoms with Gasteiger partial charge in [0.15, 0.2) is 0 Å². The van der Waals surface area contributed by atoms with Crippen molar-refractivity contribution in [2.75, 3.05) is 11.9 Å². The van der Waals surface area contributed by atoms with Crippen molar-refractivity contribution in [3.05, 3.63) is 82.9 Å². The Kier molecular flexibility index (Phi) is 3.79. The van der Waals surface area contributed by atoms with E-state index in [1.54, 1.807) is 0 Å². The number of aryl methyl sites for hydroxylation is 1. The number of benzene rings is 3. The van der Waals surface area contributed by atoms with Crippen molar-refractivity contribution in [3.8, 4) is 11.1 Å². The van der Waals surface area contributed by atoms with Crippen molar-refractivity contribution in [2.24, 2.45) is 0 Å². The topological polar surface area (TPSA) is 3.24 Å². The molecule has 0 fully saturated rings. The van der Waals surface area contributed by atoms with E-state index >= 15 is 0 Å². The minimum atomic E-state index is -4.31. The van der Waals surface area contributed by atoms with Gasteiger partial charge in [-0.25, -0.2) is 0 Å². The maximum atomic E-state index is 12.7. The predicted molar refractivity (Wildman–Crippen MR) is 98.9 cm³/mol. The van der Waals surface area contributed by atoms with Crippen LogP contribution in [0.4, 0.5) is 24.5 Å². The molecule has 4 heteroatoms. The maximum Gasteiger partial charge on any atom is 0.416 e. The summed E-state index contributed by atoms with van der Waals surface area (Å²) in [6.07, 6.45) is -3.42. The quantitative estimate of drug-likeness (QED) is 0.406. The van der Waals surface area contributed by atoms with Gasteiger partial charge in [0.2, 0.25) is 0 Å². The van der Waals surface area contributed by atoms with Gasteiger partial charge in [0.1, 0.15) is 0 Å². The zero-order chi connectivity index (χ0) is 18.5. The molecule has 3 aromatic carbocycles. The number of nitrogens with zero attached hydrogens (tertiary/aromatic N) is 1. The Morgan fingerprint density at radius 3 is 2.00 bits per heavy atom. The number of anilines is 2. The fourth-order valence-electron chi connectivity index (χ4n) is 3.56. The van der Waals surface area contributed by atoms with Crippen LogP contribution in [-0.2, 0) is 12.6 Å². The minimum absolute atomic E-state index is 0.630. The second-order valence-corrected chi connectivity index (χ2v) is 6.78. The first-order chi connectivity index (χ1) is 12.3. The van der Waals surface area contributed by atoms with Gasteiger partial charge in [0.25, 0.3) is 0 Å². The van der Waals surface area contributed by atoms with E-state index in [9.17, 15) is 13.2 Å². The molecule has 0 unspecified atom stereocenters. The summed E-state index contributed by atoms with van der Waals surface area (Å²) in [6, 6.07) is 18.0. The van der Waals surface area contributed by atoms with Gasteiger partial charge in [-0.05, 0) is 72.0 Å². The van der Waals surface area contributed by atoms with Crippen molar-refractivity contribution in [2.45, 2.75) is 19.5 Å². The number of alkyl halides is 3. The highest BCUT2D eigenvalue weighted by Gasteiger charge is 2.30. The first-order valence-electron chi connectivity index (χ1n) is 8.47. The van der Waals surface area contributed by atoms with Crippen LogP contribution in [0.15, 0.2) is 60.7 Å². The van der Waals surface area contributed by atoms with Crippen molar-refractivity contribution < 1.29 is 13.2 Å². The average molecular weight is 353 g/mol. The van der Waals surface area contributed by atoms with Gasteiger partial charge in [0, 0.05) is 18.4 Å². The summed E-state index contributed by atoms with van der Waals surface area (Å²) in [5, 5.41) is 0. The normalized spacial score (nSPS) is 12.7. The Morgan fingerprint density at radius 2 is 1.35 bits per heavy atom. The average Bonchev–Trinajstić information content (AvgIpc) is 2.96. The van der Waals surface area contributed by atoms with Gasteiger partial charge in [-0.2, -0.15) is 13.2 Å². The first-order valence-corrected chi connectivity index (χ1v) is 8.47. The van der Waals surface area contributed by atoms with Crippen LogP contribution in [0.3, 0.4) is 0 Å². The summed E-state index contributed by atoms with van der Waals surface area (Å²) in [6.45, 7) is 2.09. The smallest absolute Gasteiger partial charge is 0.345 e. The van der Waals surface area contributed by atoms with Crippen LogP contribution in [0, 0.1) is 6.92 Å². The maximum absolute atomic E-state index is 12.7. The van der Waals surface area contributed by atoms with E-state index in [4.69, 9.17) is 0 Å². The van der Waals surface area contributed by atoms with Crippen molar-refractivity contribution in [1.82, 2.24) is 0 Å². The number of hydrogen-bond acceptors (Lipinski definition) is 1. The molecular formula is C22H18F3N. The number of hydrogen-bond donors (Lipinski definition) is 0. The third-order valence-electron chi connectivity index (χ3n) is 4.99. The SMILES string of the molecule is Cc1ccc2c(c1)Cc1cc(N(C)c3ccc(C(F)(F)F)cc3)ccc1-2. The third-order valence-corrected chi connectivity index (χ3v) is 4.99. The highest BCUT2D eigenvalue weighted by atomic mass is 19.4. The molecule has 0 saturated carbocycles. The van der Waals surface area contributed by atoms with E-state index < -0.39 is 11.7 Å². The monoisotopic (exact) mass is 353 g/mol. The lowest BCUT2D eigenvalue weighted by Gasteiger charge is -2.21. The molecule has 0 bridgehead atoms. The summed E-state index contributed by atoms with van der Waals surface area (Å²) in [5.41, 5.74) is 7.40. The summed E-state index contributed by atoms with van der Waals surface area (Å²) in [7, 11) is 1.87. The Hall–Kier alpha value is -2.75. The Morgan fingerprint density at radius 1 is 0.769 bits per heavy atom. The fourth-order valence-corrected chi connectivity index (χ4v) is 3.56. The molecule has 0 saturated heterocycles. The minimum Gasteiger partial charge on any atom is -0.345 e. The summed E-state index contributed by atoms with van der Waals surface area (Å²) in [4.78, 5) is 1.91. The van der Waals surface area contributed by atoms with Crippen LogP contribution in [0.1, 0.15) is 22.3 Å². The molecule has 3 aromatic rings. The summed E-state index contributed by atoms with van der Waals surface area (Å²) in [5.74, 6) is 0. The molecule has 0 amide bonds. The van der Waals surface area contributed by atoms with Crippen molar-refractivity contribution >= 4 is 11.4 Å². The zero-order valence-electron chi connectivity index (χ0n) is 14.6. The highest BCUT2D eigenvalue weighted by molar-refractivity contribution is 5.80. The van der Waals surface area contributed by atoms with E-state index in [1.165, 1.54) is 39.9 Å². The van der Waals surface area contributed by atoms with Crippen molar-refractivity contribution in [1.29, 1.82) is 0 Å². The lowest BCUT2D eigenvalue weighted by atomic mass is 10.0. The molecule has 132 valence electrons. The second-order valence-electron chi connectivity index (χ2n) is 6.78. The van der Waals surface area contributed by atoms with Crippen LogP contribution in [0.2, 0.25) is 0 Å². The second kappa shape index (κ2) is 5.90. The van der Waals surface area contributed by atoms with Gasteiger partial charge in [-0.1, -0.05) is 29.8 Å². The lowest BCUT2D eigenvalue weighted by Crippen LogP contribution is -2.11. The molecule has 0 spiro atoms. The van der Waals surface area contributed by atoms with Crippen LogP contribution >= 0.6 is 0 Å². The molecule has 0 aliphatic heterocycles. The van der Waals surface area contributed by atoms with E-state index in [0.29, 0.717) is 0 Å². The first kappa shape index (κ1) is 16.7. The predicted octanol–water partition coefficient (Wildman–Crippen LogP) is 6.35. The highest BCUT2D eigenvalue weighted by Crippen LogP contribution is 2.40. The van der Waals surface area contributed by atoms with Gasteiger partial charge >= 0.3 is 6.18 Å². The third kappa shape index (κ3) is 2.85. The van der Waals surface area contributed by atoms with E-state index in [0.717, 1.165) is 29.9 Å². The lowest BCUT2D eigenvalue weighted by molar-refractivity contribution is -0.137. The molecule has 0 aromatic heterocycles. The number of rotatable bonds is 2. The Balaban J connectivity index is 1.64. The number of halogens is 3. The molecule has 26 heavy (non-hydrogen) atoms. The molecule has 4 rings (SSSR count). The van der Waals surface area contributed by atoms with Gasteiger partial charge in [-0.3, -0.25) is 0 Å². The van der Waals surface area contributed by atoms with Crippen LogP contribution in [-0.4, -0.2) is 7.05 Å². The molecule has 0 N–H and O–H groups in total. The molecule has 0 heterocycles. The number of fused-ring (bicyclic) bond motifs is 3. The van der Waals surface area contributed by atoms with Crippen LogP contribution < -0.4 is 4.90 Å². The molecular weight excluding hydrogens is 335 g/mol. The summed E-state index contributed by atoms with van der Waals surface area (Å²) >= 11 is 0. The van der Waals surface area contributed by atoms with Crippen LogP contribution in [0.5, 0.6) is 0 Å². The van der Waals surface area contributed by atoms with E-state index in [-0.39, 0.29) is 0 Å². The fraction of sp³-hybridized carbons (Fsp3) is 0.182. The Bertz CT molecular complexity index is 972. The standard InChI is InChI=1S/C22H18F3N/c1-14-3-9-20-15(11-14)12-16-13-19(8-10-21(16)20)26(2)18-6-4-17(5-7-18)22(23,24)25/h3-11,13H,12H2,1-2H3. The van der Waals surface area contributed by atoms with Crippen molar-refractivity contribution in [3.63, 3.8) is 0 Å². The molecule has 1 aliphatic carbocycles. The van der Waals surface area contributed by atoms with Gasteiger partial charge in [-0.15, -0.1) is 0 Å². The van der Waals surface area contributed by atoms with E-state index in [1.807, 2.05) is 18.0 Å². The summed E-state index contributed by atoms with van der Waals surface area (Å²) < 4.78 is 38.2. The van der Waals surface area contributed by atoms with Gasteiger partial charge < -0.3 is 4.90 Å². The largest absolute Gasteiger partial charge is 0.416 e. The molecule has 0 radical (unpaired) electrons. The van der Waals surface area contributed by atoms with E-state index in [2.05, 4.69) is 37.3 Å². The molecule has 1 aliphatic rings. The van der Waals surface area contributed by atoms with Crippen LogP contribution in [0.25, 0.3) is 11.1 Å². The van der Waals surface area contributed by atoms with Gasteiger partial charge in [0.05, 0.1) is 5.56 Å². The molecule has 1 nitrogen and oxygen atoms in total. The zero-order valence-corrected chi connectivity index (χ0v) is 14.6.